The van der Waals surface area contributed by atoms with Gasteiger partial charge in [0.15, 0.2) is 0 Å². The van der Waals surface area contributed by atoms with Gasteiger partial charge in [-0.05, 0) is 32.4 Å². The SMILES string of the molecule is CCNCCC(=O)NC(CCCCNC(C)C)C(=O)NCCNC(C)C. The molecule has 154 valence electrons. The Morgan fingerprint density at radius 1 is 0.846 bits per heavy atom. The Kier molecular flexibility index (Phi) is 15.3. The number of carbonyl (C=O) groups is 2. The van der Waals surface area contributed by atoms with Crippen LogP contribution in [0.3, 0.4) is 0 Å². The largest absolute Gasteiger partial charge is 0.353 e. The predicted octanol–water partition coefficient (Wildman–Crippen LogP) is 0.753. The van der Waals surface area contributed by atoms with Crippen molar-refractivity contribution in [1.82, 2.24) is 26.6 Å². The van der Waals surface area contributed by atoms with Crippen molar-refractivity contribution in [2.75, 3.05) is 32.7 Å². The van der Waals surface area contributed by atoms with E-state index in [1.807, 2.05) is 6.92 Å². The monoisotopic (exact) mass is 371 g/mol. The summed E-state index contributed by atoms with van der Waals surface area (Å²) in [5, 5.41) is 15.6. The summed E-state index contributed by atoms with van der Waals surface area (Å²) in [7, 11) is 0. The molecule has 0 bridgehead atoms. The van der Waals surface area contributed by atoms with Crippen molar-refractivity contribution in [3.8, 4) is 0 Å². The van der Waals surface area contributed by atoms with Crippen LogP contribution in [0.25, 0.3) is 0 Å². The van der Waals surface area contributed by atoms with E-state index in [4.69, 9.17) is 0 Å². The zero-order valence-electron chi connectivity index (χ0n) is 17.4. The minimum Gasteiger partial charge on any atom is -0.353 e. The Hall–Kier alpha value is -1.18. The summed E-state index contributed by atoms with van der Waals surface area (Å²) in [5.41, 5.74) is 0. The van der Waals surface area contributed by atoms with Crippen molar-refractivity contribution >= 4 is 11.8 Å². The van der Waals surface area contributed by atoms with Crippen LogP contribution in [0, 0.1) is 0 Å². The molecule has 0 aliphatic rings. The van der Waals surface area contributed by atoms with Crippen LogP contribution in [0.4, 0.5) is 0 Å². The first kappa shape index (κ1) is 24.8. The minimum absolute atomic E-state index is 0.0771. The van der Waals surface area contributed by atoms with Gasteiger partial charge in [-0.3, -0.25) is 9.59 Å². The molecule has 0 aromatic heterocycles. The lowest BCUT2D eigenvalue weighted by molar-refractivity contribution is -0.129. The fraction of sp³-hybridized carbons (Fsp3) is 0.895. The molecular weight excluding hydrogens is 330 g/mol. The Morgan fingerprint density at radius 3 is 2.12 bits per heavy atom. The zero-order valence-corrected chi connectivity index (χ0v) is 17.4. The van der Waals surface area contributed by atoms with Crippen molar-refractivity contribution < 1.29 is 9.59 Å². The van der Waals surface area contributed by atoms with E-state index in [0.29, 0.717) is 38.0 Å². The molecule has 0 aliphatic heterocycles. The van der Waals surface area contributed by atoms with E-state index >= 15 is 0 Å². The van der Waals surface area contributed by atoms with Crippen molar-refractivity contribution in [2.45, 2.75) is 78.4 Å². The molecule has 0 saturated heterocycles. The third-order valence-electron chi connectivity index (χ3n) is 3.88. The summed E-state index contributed by atoms with van der Waals surface area (Å²) < 4.78 is 0. The molecule has 1 unspecified atom stereocenters. The van der Waals surface area contributed by atoms with E-state index in [0.717, 1.165) is 32.5 Å². The number of unbranched alkanes of at least 4 members (excludes halogenated alkanes) is 1. The smallest absolute Gasteiger partial charge is 0.242 e. The van der Waals surface area contributed by atoms with Crippen molar-refractivity contribution in [1.29, 1.82) is 0 Å². The number of rotatable bonds is 16. The topological polar surface area (TPSA) is 94.3 Å². The highest BCUT2D eigenvalue weighted by Gasteiger charge is 2.19. The van der Waals surface area contributed by atoms with Crippen LogP contribution in [0.15, 0.2) is 0 Å². The molecule has 0 aromatic rings. The van der Waals surface area contributed by atoms with Crippen LogP contribution >= 0.6 is 0 Å². The summed E-state index contributed by atoms with van der Waals surface area (Å²) in [4.78, 5) is 24.5. The highest BCUT2D eigenvalue weighted by Crippen LogP contribution is 2.02. The van der Waals surface area contributed by atoms with E-state index in [-0.39, 0.29) is 11.8 Å². The molecule has 26 heavy (non-hydrogen) atoms. The molecule has 0 spiro atoms. The van der Waals surface area contributed by atoms with E-state index in [9.17, 15) is 9.59 Å². The Morgan fingerprint density at radius 2 is 1.50 bits per heavy atom. The molecule has 0 rings (SSSR count). The van der Waals surface area contributed by atoms with E-state index in [1.54, 1.807) is 0 Å². The van der Waals surface area contributed by atoms with Gasteiger partial charge >= 0.3 is 0 Å². The second-order valence-corrected chi connectivity index (χ2v) is 7.23. The number of hydrogen-bond acceptors (Lipinski definition) is 5. The van der Waals surface area contributed by atoms with Gasteiger partial charge in [-0.2, -0.15) is 0 Å². The van der Waals surface area contributed by atoms with Gasteiger partial charge in [-0.1, -0.05) is 34.6 Å². The number of carbonyl (C=O) groups excluding carboxylic acids is 2. The average Bonchev–Trinajstić information content (AvgIpc) is 2.57. The van der Waals surface area contributed by atoms with Crippen LogP contribution in [0.5, 0.6) is 0 Å². The van der Waals surface area contributed by atoms with Crippen molar-refractivity contribution in [2.24, 2.45) is 0 Å². The van der Waals surface area contributed by atoms with Gasteiger partial charge in [0.2, 0.25) is 11.8 Å². The standard InChI is InChI=1S/C19H41N5O2/c1-6-20-12-10-18(25)24-17(9-7-8-11-21-15(2)3)19(26)23-14-13-22-16(4)5/h15-17,20-22H,6-14H2,1-5H3,(H,23,26)(H,24,25). The molecule has 0 aliphatic carbocycles. The summed E-state index contributed by atoms with van der Waals surface area (Å²) in [5.74, 6) is -0.170. The summed E-state index contributed by atoms with van der Waals surface area (Å²) in [6.45, 7) is 14.1. The molecule has 0 heterocycles. The Bertz CT molecular complexity index is 375. The Balaban J connectivity index is 4.32. The van der Waals surface area contributed by atoms with Gasteiger partial charge in [0.1, 0.15) is 6.04 Å². The summed E-state index contributed by atoms with van der Waals surface area (Å²) in [6, 6.07) is 0.400. The Labute approximate surface area is 159 Å². The molecule has 7 heteroatoms. The van der Waals surface area contributed by atoms with Gasteiger partial charge in [0.05, 0.1) is 0 Å². The first-order valence-corrected chi connectivity index (χ1v) is 10.1. The first-order valence-electron chi connectivity index (χ1n) is 10.1. The van der Waals surface area contributed by atoms with Crippen LogP contribution in [0.1, 0.15) is 60.3 Å². The lowest BCUT2D eigenvalue weighted by Gasteiger charge is -2.19. The summed E-state index contributed by atoms with van der Waals surface area (Å²) in [6.07, 6.45) is 2.94. The van der Waals surface area contributed by atoms with Gasteiger partial charge in [-0.25, -0.2) is 0 Å². The minimum atomic E-state index is -0.456. The number of nitrogens with one attached hydrogen (secondary N) is 5. The van der Waals surface area contributed by atoms with Crippen LogP contribution in [-0.4, -0.2) is 62.7 Å². The van der Waals surface area contributed by atoms with Crippen LogP contribution in [-0.2, 0) is 9.59 Å². The number of hydrogen-bond donors (Lipinski definition) is 5. The van der Waals surface area contributed by atoms with Gasteiger partial charge < -0.3 is 26.6 Å². The lowest BCUT2D eigenvalue weighted by atomic mass is 10.1. The molecular formula is C19H41N5O2. The predicted molar refractivity (Wildman–Crippen MR) is 108 cm³/mol. The van der Waals surface area contributed by atoms with Crippen LogP contribution < -0.4 is 26.6 Å². The fourth-order valence-corrected chi connectivity index (χ4v) is 2.45. The second kappa shape index (κ2) is 16.0. The molecule has 0 fully saturated rings. The normalized spacial score (nSPS) is 12.4. The molecule has 0 radical (unpaired) electrons. The lowest BCUT2D eigenvalue weighted by Crippen LogP contribution is -2.48. The van der Waals surface area contributed by atoms with E-state index < -0.39 is 6.04 Å². The molecule has 1 atom stereocenters. The second-order valence-electron chi connectivity index (χ2n) is 7.23. The first-order chi connectivity index (χ1) is 12.4. The fourth-order valence-electron chi connectivity index (χ4n) is 2.45. The maximum absolute atomic E-state index is 12.4. The van der Waals surface area contributed by atoms with Gasteiger partial charge in [0, 0.05) is 38.1 Å². The average molecular weight is 372 g/mol. The third kappa shape index (κ3) is 15.1. The van der Waals surface area contributed by atoms with Crippen molar-refractivity contribution in [3.63, 3.8) is 0 Å². The zero-order chi connectivity index (χ0) is 19.8. The third-order valence-corrected chi connectivity index (χ3v) is 3.88. The molecule has 2 amide bonds. The summed E-state index contributed by atoms with van der Waals surface area (Å²) >= 11 is 0. The quantitative estimate of drug-likeness (QED) is 0.258. The molecule has 0 aromatic carbocycles. The molecule has 7 nitrogen and oxygen atoms in total. The highest BCUT2D eigenvalue weighted by atomic mass is 16.2. The van der Waals surface area contributed by atoms with Gasteiger partial charge in [-0.15, -0.1) is 0 Å². The van der Waals surface area contributed by atoms with Crippen LogP contribution in [0.2, 0.25) is 0 Å². The van der Waals surface area contributed by atoms with E-state index in [2.05, 4.69) is 54.3 Å². The maximum atomic E-state index is 12.4. The molecule has 0 saturated carbocycles. The van der Waals surface area contributed by atoms with Gasteiger partial charge in [0.25, 0.3) is 0 Å². The van der Waals surface area contributed by atoms with E-state index in [1.165, 1.54) is 0 Å². The number of amides is 2. The highest BCUT2D eigenvalue weighted by molar-refractivity contribution is 5.87. The molecule has 5 N–H and O–H groups in total. The maximum Gasteiger partial charge on any atom is 0.242 e. The van der Waals surface area contributed by atoms with Crippen molar-refractivity contribution in [3.05, 3.63) is 0 Å².